The number of hydrogen-bond acceptors (Lipinski definition) is 4. The number of furan rings is 1. The van der Waals surface area contributed by atoms with Crippen molar-refractivity contribution in [1.29, 1.82) is 0 Å². The standard InChI is InChI=1S/C28H24N2O3S/c31-25-19-34-28(30(25)18-24-12-7-17-33-24)23-15-13-22(14-16-23)27(32)29-26(20-8-3-1-4-9-20)21-10-5-2-6-11-21/h1-17,26,28H,18-19H2,(H,29,32)/t28-/m1/s1. The van der Waals surface area contributed by atoms with Crippen molar-refractivity contribution < 1.29 is 14.0 Å². The van der Waals surface area contributed by atoms with Crippen molar-refractivity contribution in [3.8, 4) is 0 Å². The van der Waals surface area contributed by atoms with E-state index in [1.54, 1.807) is 18.0 Å². The second kappa shape index (κ2) is 10.0. The fourth-order valence-electron chi connectivity index (χ4n) is 4.14. The van der Waals surface area contributed by atoms with Crippen molar-refractivity contribution in [2.75, 3.05) is 5.75 Å². The molecule has 34 heavy (non-hydrogen) atoms. The molecular weight excluding hydrogens is 444 g/mol. The van der Waals surface area contributed by atoms with Crippen molar-refractivity contribution >= 4 is 23.6 Å². The van der Waals surface area contributed by atoms with Crippen LogP contribution in [0.5, 0.6) is 0 Å². The molecule has 0 aliphatic carbocycles. The molecule has 0 radical (unpaired) electrons. The molecule has 0 bridgehead atoms. The number of carbonyl (C=O) groups excluding carboxylic acids is 2. The monoisotopic (exact) mass is 468 g/mol. The van der Waals surface area contributed by atoms with Crippen molar-refractivity contribution in [3.63, 3.8) is 0 Å². The third-order valence-electron chi connectivity index (χ3n) is 5.87. The normalized spacial score (nSPS) is 15.6. The molecule has 6 heteroatoms. The van der Waals surface area contributed by atoms with Crippen LogP contribution in [0.15, 0.2) is 108 Å². The van der Waals surface area contributed by atoms with E-state index in [1.165, 1.54) is 0 Å². The first kappa shape index (κ1) is 22.0. The molecule has 1 aromatic heterocycles. The molecule has 3 aromatic carbocycles. The summed E-state index contributed by atoms with van der Waals surface area (Å²) in [6.07, 6.45) is 1.61. The van der Waals surface area contributed by atoms with E-state index in [2.05, 4.69) is 5.32 Å². The van der Waals surface area contributed by atoms with Gasteiger partial charge in [0.05, 0.1) is 24.6 Å². The smallest absolute Gasteiger partial charge is 0.252 e. The second-order valence-electron chi connectivity index (χ2n) is 8.11. The van der Waals surface area contributed by atoms with Gasteiger partial charge in [-0.2, -0.15) is 0 Å². The minimum atomic E-state index is -0.249. The number of rotatable bonds is 7. The lowest BCUT2D eigenvalue weighted by Gasteiger charge is -2.23. The van der Waals surface area contributed by atoms with Gasteiger partial charge in [-0.1, -0.05) is 72.8 Å². The van der Waals surface area contributed by atoms with Crippen LogP contribution >= 0.6 is 11.8 Å². The van der Waals surface area contributed by atoms with Gasteiger partial charge in [0.1, 0.15) is 11.1 Å². The molecule has 1 aliphatic rings. The number of amides is 2. The zero-order valence-electron chi connectivity index (χ0n) is 18.5. The van der Waals surface area contributed by atoms with E-state index in [-0.39, 0.29) is 23.2 Å². The molecular formula is C28H24N2O3S. The molecule has 5 rings (SSSR count). The van der Waals surface area contributed by atoms with Gasteiger partial charge in [0.25, 0.3) is 5.91 Å². The fourth-order valence-corrected chi connectivity index (χ4v) is 5.32. The summed E-state index contributed by atoms with van der Waals surface area (Å²) in [6.45, 7) is 0.432. The highest BCUT2D eigenvalue weighted by molar-refractivity contribution is 8.00. The van der Waals surface area contributed by atoms with Gasteiger partial charge in [0.2, 0.25) is 5.91 Å². The summed E-state index contributed by atoms with van der Waals surface area (Å²) in [5.41, 5.74) is 3.61. The van der Waals surface area contributed by atoms with Gasteiger partial charge in [-0.05, 0) is 41.0 Å². The Labute approximate surface area is 202 Å². The SMILES string of the molecule is O=C(NC(c1ccccc1)c1ccccc1)c1ccc([C@H]2SCC(=O)N2Cc2ccco2)cc1. The Bertz CT molecular complexity index is 1200. The number of hydrogen-bond donors (Lipinski definition) is 1. The van der Waals surface area contributed by atoms with Gasteiger partial charge >= 0.3 is 0 Å². The Morgan fingerprint density at radius 1 is 0.912 bits per heavy atom. The third-order valence-corrected chi connectivity index (χ3v) is 7.13. The molecule has 2 amide bonds. The average molecular weight is 469 g/mol. The van der Waals surface area contributed by atoms with Crippen molar-refractivity contribution in [2.45, 2.75) is 18.0 Å². The third kappa shape index (κ3) is 4.77. The van der Waals surface area contributed by atoms with Gasteiger partial charge < -0.3 is 14.6 Å². The van der Waals surface area contributed by atoms with Gasteiger partial charge in [-0.25, -0.2) is 0 Å². The zero-order valence-corrected chi connectivity index (χ0v) is 19.3. The van der Waals surface area contributed by atoms with Crippen LogP contribution in [-0.2, 0) is 11.3 Å². The van der Waals surface area contributed by atoms with Gasteiger partial charge in [0, 0.05) is 5.56 Å². The average Bonchev–Trinajstić information content (AvgIpc) is 3.54. The second-order valence-corrected chi connectivity index (χ2v) is 9.18. The summed E-state index contributed by atoms with van der Waals surface area (Å²) in [5, 5.41) is 3.08. The first-order valence-corrected chi connectivity index (χ1v) is 12.2. The van der Waals surface area contributed by atoms with E-state index in [0.717, 1.165) is 22.5 Å². The van der Waals surface area contributed by atoms with Crippen LogP contribution in [-0.4, -0.2) is 22.5 Å². The van der Waals surface area contributed by atoms with Crippen LogP contribution < -0.4 is 5.32 Å². The molecule has 4 aromatic rings. The summed E-state index contributed by atoms with van der Waals surface area (Å²) >= 11 is 1.59. The highest BCUT2D eigenvalue weighted by Gasteiger charge is 2.33. The van der Waals surface area contributed by atoms with Crippen LogP contribution in [0.3, 0.4) is 0 Å². The molecule has 1 fully saturated rings. The Kier molecular flexibility index (Phi) is 6.49. The molecule has 1 atom stereocenters. The van der Waals surface area contributed by atoms with E-state index in [4.69, 9.17) is 4.42 Å². The summed E-state index contributed by atoms with van der Waals surface area (Å²) in [5.74, 6) is 1.13. The molecule has 1 saturated heterocycles. The molecule has 5 nitrogen and oxygen atoms in total. The maximum absolute atomic E-state index is 13.2. The van der Waals surface area contributed by atoms with Crippen molar-refractivity contribution in [3.05, 3.63) is 131 Å². The highest BCUT2D eigenvalue weighted by Crippen LogP contribution is 2.39. The quantitative estimate of drug-likeness (QED) is 0.385. The van der Waals surface area contributed by atoms with Crippen molar-refractivity contribution in [1.82, 2.24) is 10.2 Å². The fraction of sp³-hybridized carbons (Fsp3) is 0.143. The number of benzene rings is 3. The molecule has 0 unspecified atom stereocenters. The van der Waals surface area contributed by atoms with Crippen LogP contribution in [0.25, 0.3) is 0 Å². The lowest BCUT2D eigenvalue weighted by molar-refractivity contribution is -0.128. The number of carbonyl (C=O) groups is 2. The maximum atomic E-state index is 13.2. The molecule has 0 saturated carbocycles. The summed E-state index contributed by atoms with van der Waals surface area (Å²) in [4.78, 5) is 27.4. The summed E-state index contributed by atoms with van der Waals surface area (Å²) in [7, 11) is 0. The van der Waals surface area contributed by atoms with E-state index < -0.39 is 0 Å². The number of thioether (sulfide) groups is 1. The largest absolute Gasteiger partial charge is 0.467 e. The van der Waals surface area contributed by atoms with E-state index in [9.17, 15) is 9.59 Å². The van der Waals surface area contributed by atoms with Crippen LogP contribution in [0.4, 0.5) is 0 Å². The maximum Gasteiger partial charge on any atom is 0.252 e. The van der Waals surface area contributed by atoms with Gasteiger partial charge in [-0.3, -0.25) is 9.59 Å². The topological polar surface area (TPSA) is 62.6 Å². The van der Waals surface area contributed by atoms with Crippen LogP contribution in [0.2, 0.25) is 0 Å². The summed E-state index contributed by atoms with van der Waals surface area (Å²) in [6, 6.07) is 30.9. The molecule has 0 spiro atoms. The molecule has 170 valence electrons. The minimum absolute atomic E-state index is 0.0850. The number of nitrogens with zero attached hydrogens (tertiary/aromatic N) is 1. The molecule has 1 N–H and O–H groups in total. The number of nitrogens with one attached hydrogen (secondary N) is 1. The van der Waals surface area contributed by atoms with Crippen molar-refractivity contribution in [2.24, 2.45) is 0 Å². The zero-order chi connectivity index (χ0) is 23.3. The predicted octanol–water partition coefficient (Wildman–Crippen LogP) is 5.57. The lowest BCUT2D eigenvalue weighted by Crippen LogP contribution is -2.29. The van der Waals surface area contributed by atoms with Crippen LogP contribution in [0, 0.1) is 0 Å². The minimum Gasteiger partial charge on any atom is -0.467 e. The first-order chi connectivity index (χ1) is 16.7. The van der Waals surface area contributed by atoms with E-state index in [1.807, 2.05) is 102 Å². The van der Waals surface area contributed by atoms with E-state index >= 15 is 0 Å². The lowest BCUT2D eigenvalue weighted by atomic mass is 9.98. The molecule has 1 aliphatic heterocycles. The Balaban J connectivity index is 1.33. The summed E-state index contributed by atoms with van der Waals surface area (Å²) < 4.78 is 5.43. The predicted molar refractivity (Wildman–Crippen MR) is 133 cm³/mol. The Morgan fingerprint density at radius 3 is 2.15 bits per heavy atom. The molecule has 2 heterocycles. The Morgan fingerprint density at radius 2 is 1.56 bits per heavy atom. The highest BCUT2D eigenvalue weighted by atomic mass is 32.2. The Hall–Kier alpha value is -3.77. The van der Waals surface area contributed by atoms with E-state index in [0.29, 0.717) is 17.9 Å². The van der Waals surface area contributed by atoms with Crippen LogP contribution in [0.1, 0.15) is 44.2 Å². The van der Waals surface area contributed by atoms with Gasteiger partial charge in [-0.15, -0.1) is 11.8 Å². The first-order valence-electron chi connectivity index (χ1n) is 11.1. The van der Waals surface area contributed by atoms with Gasteiger partial charge in [0.15, 0.2) is 0 Å².